The first-order valence-corrected chi connectivity index (χ1v) is 9.08. The van der Waals surface area contributed by atoms with Crippen molar-refractivity contribution in [2.75, 3.05) is 18.6 Å². The molecular formula is C20H14BrN3O5. The van der Waals surface area contributed by atoms with Crippen molar-refractivity contribution in [2.45, 2.75) is 0 Å². The molecule has 8 nitrogen and oxygen atoms in total. The van der Waals surface area contributed by atoms with Gasteiger partial charge in [-0.2, -0.15) is 5.26 Å². The van der Waals surface area contributed by atoms with E-state index < -0.39 is 17.8 Å². The lowest BCUT2D eigenvalue weighted by molar-refractivity contribution is -0.122. The number of methoxy groups -OCH3 is 1. The van der Waals surface area contributed by atoms with E-state index >= 15 is 0 Å². The summed E-state index contributed by atoms with van der Waals surface area (Å²) in [5.41, 5.74) is 0.587. The molecule has 0 aromatic heterocycles. The van der Waals surface area contributed by atoms with Gasteiger partial charge in [-0.05, 0) is 42.0 Å². The van der Waals surface area contributed by atoms with E-state index in [1.165, 1.54) is 13.2 Å². The summed E-state index contributed by atoms with van der Waals surface area (Å²) >= 11 is 3.29. The van der Waals surface area contributed by atoms with Crippen molar-refractivity contribution in [2.24, 2.45) is 0 Å². The van der Waals surface area contributed by atoms with Crippen LogP contribution < -0.4 is 19.7 Å². The van der Waals surface area contributed by atoms with Gasteiger partial charge in [0, 0.05) is 4.47 Å². The lowest BCUT2D eigenvalue weighted by atomic mass is 10.1. The number of urea groups is 1. The van der Waals surface area contributed by atoms with Gasteiger partial charge in [0.25, 0.3) is 11.8 Å². The summed E-state index contributed by atoms with van der Waals surface area (Å²) < 4.78 is 11.2. The van der Waals surface area contributed by atoms with E-state index in [9.17, 15) is 14.4 Å². The molecule has 0 bridgehead atoms. The van der Waals surface area contributed by atoms with E-state index in [1.807, 2.05) is 6.07 Å². The van der Waals surface area contributed by atoms with Crippen LogP contribution in [-0.4, -0.2) is 31.6 Å². The van der Waals surface area contributed by atoms with Crippen molar-refractivity contribution in [3.8, 4) is 17.6 Å². The number of amides is 4. The third-order valence-electron chi connectivity index (χ3n) is 3.96. The van der Waals surface area contributed by atoms with Gasteiger partial charge in [-0.3, -0.25) is 14.9 Å². The van der Waals surface area contributed by atoms with Crippen molar-refractivity contribution in [3.05, 3.63) is 58.1 Å². The molecule has 0 saturated carbocycles. The van der Waals surface area contributed by atoms with Crippen molar-refractivity contribution < 1.29 is 23.9 Å². The third-order valence-corrected chi connectivity index (χ3v) is 4.45. The van der Waals surface area contributed by atoms with Crippen LogP contribution in [-0.2, 0) is 9.59 Å². The quantitative estimate of drug-likeness (QED) is 0.548. The lowest BCUT2D eigenvalue weighted by Crippen LogP contribution is -2.54. The molecule has 1 fully saturated rings. The Bertz CT molecular complexity index is 1070. The fraction of sp³-hybridized carbons (Fsp3) is 0.100. The Kier molecular flexibility index (Phi) is 5.95. The number of nitriles is 1. The fourth-order valence-corrected chi connectivity index (χ4v) is 3.06. The molecule has 3 rings (SSSR count). The molecule has 0 unspecified atom stereocenters. The Hall–Kier alpha value is -3.64. The zero-order chi connectivity index (χ0) is 21.0. The van der Waals surface area contributed by atoms with E-state index in [1.54, 1.807) is 42.5 Å². The first kappa shape index (κ1) is 20.1. The molecule has 4 amide bonds. The van der Waals surface area contributed by atoms with Crippen LogP contribution in [0.3, 0.4) is 0 Å². The van der Waals surface area contributed by atoms with Gasteiger partial charge < -0.3 is 9.47 Å². The summed E-state index contributed by atoms with van der Waals surface area (Å²) in [5.74, 6) is -0.865. The molecule has 146 valence electrons. The normalized spacial score (nSPS) is 15.1. The Morgan fingerprint density at radius 3 is 2.66 bits per heavy atom. The first-order chi connectivity index (χ1) is 13.9. The average Bonchev–Trinajstić information content (AvgIpc) is 2.69. The lowest BCUT2D eigenvalue weighted by Gasteiger charge is -2.26. The van der Waals surface area contributed by atoms with Crippen LogP contribution in [0.4, 0.5) is 10.5 Å². The van der Waals surface area contributed by atoms with Gasteiger partial charge in [-0.1, -0.05) is 28.1 Å². The highest BCUT2D eigenvalue weighted by Gasteiger charge is 2.36. The van der Waals surface area contributed by atoms with Crippen LogP contribution in [0.2, 0.25) is 0 Å². The maximum absolute atomic E-state index is 12.9. The zero-order valence-corrected chi connectivity index (χ0v) is 16.7. The largest absolute Gasteiger partial charge is 0.493 e. The highest BCUT2D eigenvalue weighted by Crippen LogP contribution is 2.30. The number of benzene rings is 2. The molecule has 1 N–H and O–H groups in total. The first-order valence-electron chi connectivity index (χ1n) is 8.29. The topological polar surface area (TPSA) is 109 Å². The van der Waals surface area contributed by atoms with Crippen LogP contribution in [0.5, 0.6) is 11.5 Å². The van der Waals surface area contributed by atoms with Gasteiger partial charge in [-0.25, -0.2) is 9.69 Å². The van der Waals surface area contributed by atoms with Gasteiger partial charge in [-0.15, -0.1) is 0 Å². The van der Waals surface area contributed by atoms with Crippen molar-refractivity contribution >= 4 is 45.5 Å². The standard InChI is InChI=1S/C20H14BrN3O5/c1-28-17-10-12(5-6-16(17)29-8-7-22)9-15-18(25)23-20(27)24(19(15)26)14-4-2-3-13(21)11-14/h2-6,9-11H,8H2,1H3,(H,23,25,27)/b15-9+. The predicted octanol–water partition coefficient (Wildman–Crippen LogP) is 3.03. The number of anilines is 1. The molecule has 0 spiro atoms. The molecule has 2 aromatic carbocycles. The second-order valence-corrected chi connectivity index (χ2v) is 6.71. The number of rotatable bonds is 5. The summed E-state index contributed by atoms with van der Waals surface area (Å²) in [4.78, 5) is 38.3. The van der Waals surface area contributed by atoms with Crippen molar-refractivity contribution in [1.82, 2.24) is 5.32 Å². The number of barbiturate groups is 1. The molecule has 2 aromatic rings. The number of carbonyl (C=O) groups is 3. The summed E-state index contributed by atoms with van der Waals surface area (Å²) in [6.45, 7) is -0.151. The second kappa shape index (κ2) is 8.58. The van der Waals surface area contributed by atoms with Crippen LogP contribution in [0.15, 0.2) is 52.5 Å². The SMILES string of the molecule is COc1cc(/C=C2\C(=O)NC(=O)N(c3cccc(Br)c3)C2=O)ccc1OCC#N. The predicted molar refractivity (Wildman–Crippen MR) is 107 cm³/mol. The molecule has 29 heavy (non-hydrogen) atoms. The Morgan fingerprint density at radius 1 is 1.17 bits per heavy atom. The summed E-state index contributed by atoms with van der Waals surface area (Å²) in [5, 5.41) is 10.8. The van der Waals surface area contributed by atoms with Gasteiger partial charge in [0.15, 0.2) is 18.1 Å². The Morgan fingerprint density at radius 2 is 1.97 bits per heavy atom. The van der Waals surface area contributed by atoms with Crippen molar-refractivity contribution in [1.29, 1.82) is 5.26 Å². The number of ether oxygens (including phenoxy) is 2. The molecule has 1 aliphatic rings. The number of hydrogen-bond acceptors (Lipinski definition) is 6. The minimum atomic E-state index is -0.826. The number of halogens is 1. The van der Waals surface area contributed by atoms with Crippen LogP contribution >= 0.6 is 15.9 Å². The van der Waals surface area contributed by atoms with Crippen LogP contribution in [0.1, 0.15) is 5.56 Å². The number of nitrogens with one attached hydrogen (secondary N) is 1. The zero-order valence-electron chi connectivity index (χ0n) is 15.1. The number of carbonyl (C=O) groups excluding carboxylic acids is 3. The Balaban J connectivity index is 1.97. The van der Waals surface area contributed by atoms with E-state index in [2.05, 4.69) is 21.2 Å². The highest BCUT2D eigenvalue weighted by atomic mass is 79.9. The second-order valence-electron chi connectivity index (χ2n) is 5.79. The van der Waals surface area contributed by atoms with E-state index in [-0.39, 0.29) is 12.2 Å². The maximum Gasteiger partial charge on any atom is 0.335 e. The molecular weight excluding hydrogens is 442 g/mol. The highest BCUT2D eigenvalue weighted by molar-refractivity contribution is 9.10. The molecule has 0 aliphatic carbocycles. The number of nitrogens with zero attached hydrogens (tertiary/aromatic N) is 2. The van der Waals surface area contributed by atoms with Gasteiger partial charge in [0.2, 0.25) is 0 Å². The van der Waals surface area contributed by atoms with Crippen LogP contribution in [0, 0.1) is 11.3 Å². The monoisotopic (exact) mass is 455 g/mol. The van der Waals surface area contributed by atoms with Gasteiger partial charge >= 0.3 is 6.03 Å². The van der Waals surface area contributed by atoms with Crippen molar-refractivity contribution in [3.63, 3.8) is 0 Å². The average molecular weight is 456 g/mol. The van der Waals surface area contributed by atoms with Gasteiger partial charge in [0.1, 0.15) is 11.6 Å². The van der Waals surface area contributed by atoms with E-state index in [4.69, 9.17) is 14.7 Å². The summed E-state index contributed by atoms with van der Waals surface area (Å²) in [6.07, 6.45) is 1.35. The molecule has 0 atom stereocenters. The number of imide groups is 2. The number of hydrogen-bond donors (Lipinski definition) is 1. The molecule has 1 saturated heterocycles. The van der Waals surface area contributed by atoms with E-state index in [0.717, 1.165) is 4.90 Å². The minimum Gasteiger partial charge on any atom is -0.493 e. The molecule has 1 aliphatic heterocycles. The third kappa shape index (κ3) is 4.28. The maximum atomic E-state index is 12.9. The molecule has 1 heterocycles. The summed E-state index contributed by atoms with van der Waals surface area (Å²) in [6, 6.07) is 12.3. The van der Waals surface area contributed by atoms with Gasteiger partial charge in [0.05, 0.1) is 12.8 Å². The van der Waals surface area contributed by atoms with Crippen LogP contribution in [0.25, 0.3) is 6.08 Å². The minimum absolute atomic E-state index is 0.151. The summed E-state index contributed by atoms with van der Waals surface area (Å²) in [7, 11) is 1.43. The Labute approximate surface area is 174 Å². The molecule has 0 radical (unpaired) electrons. The smallest absolute Gasteiger partial charge is 0.335 e. The fourth-order valence-electron chi connectivity index (χ4n) is 2.68. The van der Waals surface area contributed by atoms with E-state index in [0.29, 0.717) is 27.2 Å². The molecule has 9 heteroatoms.